The number of hydrogen-bond donors (Lipinski definition) is 2. The van der Waals surface area contributed by atoms with Gasteiger partial charge >= 0.3 is 0 Å². The van der Waals surface area contributed by atoms with Crippen molar-refractivity contribution >= 4 is 37.0 Å². The average molecular weight is 230 g/mol. The number of hydrogen-bond acceptors (Lipinski definition) is 3. The molecule has 0 heterocycles. The van der Waals surface area contributed by atoms with Crippen LogP contribution in [0.5, 0.6) is 0 Å². The molecule has 0 fully saturated rings. The van der Waals surface area contributed by atoms with Crippen molar-refractivity contribution in [3.63, 3.8) is 0 Å². The van der Waals surface area contributed by atoms with Gasteiger partial charge in [0, 0.05) is 8.55 Å². The summed E-state index contributed by atoms with van der Waals surface area (Å²) in [6.45, 7) is 0. The Bertz CT molecular complexity index is 191. The summed E-state index contributed by atoms with van der Waals surface area (Å²) in [5, 5.41) is 0. The van der Waals surface area contributed by atoms with Crippen LogP contribution in [0.2, 0.25) is 6.04 Å². The van der Waals surface area contributed by atoms with E-state index in [1.807, 2.05) is 0 Å². The van der Waals surface area contributed by atoms with Crippen molar-refractivity contribution in [2.45, 2.75) is 12.5 Å². The highest BCUT2D eigenvalue weighted by molar-refractivity contribution is 7.85. The standard InChI is InChI=1S/C3H14O4SSi3/c4-8(5,6)2-1-3-11(7)10-9/h7,11H,1-3,10H2,9H3,(H,4,5,6). The van der Waals surface area contributed by atoms with E-state index in [-0.39, 0.29) is 14.3 Å². The molecule has 0 aliphatic carbocycles. The molecule has 68 valence electrons. The van der Waals surface area contributed by atoms with Crippen LogP contribution in [-0.2, 0) is 10.1 Å². The first-order valence-corrected chi connectivity index (χ1v) is 15.5. The van der Waals surface area contributed by atoms with Crippen LogP contribution in [0.3, 0.4) is 0 Å². The Balaban J connectivity index is 3.43. The maximum absolute atomic E-state index is 10.2. The molecule has 0 aromatic carbocycles. The molecule has 1 atom stereocenters. The van der Waals surface area contributed by atoms with E-state index >= 15 is 0 Å². The van der Waals surface area contributed by atoms with Gasteiger partial charge in [-0.1, -0.05) is 0 Å². The van der Waals surface area contributed by atoms with Crippen molar-refractivity contribution in [1.29, 1.82) is 0 Å². The monoisotopic (exact) mass is 230 g/mol. The minimum absolute atomic E-state index is 0.169. The zero-order chi connectivity index (χ0) is 8.91. The van der Waals surface area contributed by atoms with E-state index in [9.17, 15) is 13.2 Å². The first-order valence-electron chi connectivity index (χ1n) is 3.59. The van der Waals surface area contributed by atoms with Gasteiger partial charge in [0.1, 0.15) is 8.56 Å². The first kappa shape index (κ1) is 11.5. The summed E-state index contributed by atoms with van der Waals surface area (Å²) in [7, 11) is -4.29. The van der Waals surface area contributed by atoms with E-state index < -0.39 is 18.7 Å². The molecule has 0 saturated heterocycles. The quantitative estimate of drug-likeness (QED) is 0.388. The van der Waals surface area contributed by atoms with Gasteiger partial charge in [-0.15, -0.1) is 0 Å². The summed E-state index contributed by atoms with van der Waals surface area (Å²) in [6.07, 6.45) is 0.432. The maximum atomic E-state index is 10.2. The van der Waals surface area contributed by atoms with Gasteiger partial charge < -0.3 is 4.80 Å². The summed E-state index contributed by atoms with van der Waals surface area (Å²) in [5.41, 5.74) is 0. The number of rotatable bonds is 5. The highest BCUT2D eigenvalue weighted by Crippen LogP contribution is 1.96. The Morgan fingerprint density at radius 3 is 2.45 bits per heavy atom. The zero-order valence-electron chi connectivity index (χ0n) is 6.52. The van der Waals surface area contributed by atoms with Crippen LogP contribution < -0.4 is 0 Å². The molecule has 0 spiro atoms. The van der Waals surface area contributed by atoms with Crippen LogP contribution >= 0.6 is 0 Å². The summed E-state index contributed by atoms with van der Waals surface area (Å²) in [4.78, 5) is 9.21. The molecule has 1 unspecified atom stereocenters. The molecule has 0 radical (unpaired) electrons. The van der Waals surface area contributed by atoms with Gasteiger partial charge in [-0.25, -0.2) is 0 Å². The topological polar surface area (TPSA) is 74.6 Å². The fraction of sp³-hybridized carbons (Fsp3) is 1.00. The minimum atomic E-state index is -3.79. The van der Waals surface area contributed by atoms with Gasteiger partial charge in [0.2, 0.25) is 0 Å². The second-order valence-electron chi connectivity index (χ2n) is 2.49. The fourth-order valence-electron chi connectivity index (χ4n) is 0.705. The molecule has 0 bridgehead atoms. The highest BCUT2D eigenvalue weighted by atomic mass is 32.2. The average Bonchev–Trinajstić information content (AvgIpc) is 1.85. The van der Waals surface area contributed by atoms with Crippen molar-refractivity contribution < 1.29 is 17.8 Å². The molecule has 0 aromatic rings. The molecular weight excluding hydrogens is 216 g/mol. The molecule has 8 heteroatoms. The van der Waals surface area contributed by atoms with Gasteiger partial charge in [-0.3, -0.25) is 4.55 Å². The fourth-order valence-corrected chi connectivity index (χ4v) is 8.38. The Kier molecular flexibility index (Phi) is 5.46. The Labute approximate surface area is 73.3 Å². The normalized spacial score (nSPS) is 16.2. The van der Waals surface area contributed by atoms with Crippen LogP contribution in [0.15, 0.2) is 0 Å². The lowest BCUT2D eigenvalue weighted by Crippen LogP contribution is -2.22. The van der Waals surface area contributed by atoms with Crippen LogP contribution in [-0.4, -0.2) is 50.4 Å². The van der Waals surface area contributed by atoms with E-state index in [0.717, 1.165) is 9.76 Å². The lowest BCUT2D eigenvalue weighted by molar-refractivity contribution is 0.481. The van der Waals surface area contributed by atoms with Gasteiger partial charge in [0.05, 0.1) is 5.75 Å². The Morgan fingerprint density at radius 1 is 1.55 bits per heavy atom. The van der Waals surface area contributed by atoms with E-state index in [0.29, 0.717) is 12.5 Å². The second-order valence-corrected chi connectivity index (χ2v) is 19.4. The molecule has 0 aromatic heterocycles. The Morgan fingerprint density at radius 2 is 2.09 bits per heavy atom. The highest BCUT2D eigenvalue weighted by Gasteiger charge is 2.08. The molecule has 11 heavy (non-hydrogen) atoms. The molecule has 0 saturated carbocycles. The molecular formula is C3H14O4SSi3. The zero-order valence-corrected chi connectivity index (χ0v) is 11.9. The summed E-state index contributed by atoms with van der Waals surface area (Å²) >= 11 is 0. The third kappa shape index (κ3) is 8.43. The van der Waals surface area contributed by atoms with E-state index in [4.69, 9.17) is 4.55 Å². The van der Waals surface area contributed by atoms with E-state index in [2.05, 4.69) is 0 Å². The molecule has 2 N–H and O–H groups in total. The maximum Gasteiger partial charge on any atom is 0.264 e. The molecule has 0 amide bonds. The lowest BCUT2D eigenvalue weighted by Gasteiger charge is -2.02. The Hall–Kier alpha value is 0.521. The van der Waals surface area contributed by atoms with Gasteiger partial charge in [0.25, 0.3) is 10.1 Å². The van der Waals surface area contributed by atoms with Crippen LogP contribution in [0, 0.1) is 0 Å². The third-order valence-corrected chi connectivity index (χ3v) is 16.8. The predicted molar refractivity (Wildman–Crippen MR) is 53.7 cm³/mol. The molecule has 0 aliphatic heterocycles. The van der Waals surface area contributed by atoms with Crippen molar-refractivity contribution in [2.24, 2.45) is 0 Å². The van der Waals surface area contributed by atoms with Crippen LogP contribution in [0.1, 0.15) is 6.42 Å². The summed E-state index contributed by atoms with van der Waals surface area (Å²) in [6, 6.07) is 0.662. The van der Waals surface area contributed by atoms with Gasteiger partial charge in [-0.05, 0) is 22.2 Å². The largest absolute Gasteiger partial charge is 0.439 e. The summed E-state index contributed by atoms with van der Waals surface area (Å²) < 4.78 is 28.8. The smallest absolute Gasteiger partial charge is 0.264 e. The molecule has 4 nitrogen and oxygen atoms in total. The second kappa shape index (κ2) is 5.22. The van der Waals surface area contributed by atoms with E-state index in [1.54, 1.807) is 0 Å². The SMILES string of the molecule is O=S(=O)(O)CCC[SiH](O)[SiH2][SiH3]. The molecule has 0 rings (SSSR count). The van der Waals surface area contributed by atoms with Crippen LogP contribution in [0.25, 0.3) is 0 Å². The van der Waals surface area contributed by atoms with Gasteiger partial charge in [0.15, 0.2) is 0 Å². The van der Waals surface area contributed by atoms with Gasteiger partial charge in [-0.2, -0.15) is 8.42 Å². The van der Waals surface area contributed by atoms with Crippen molar-refractivity contribution in [2.75, 3.05) is 5.75 Å². The van der Waals surface area contributed by atoms with Crippen LogP contribution in [0.4, 0.5) is 0 Å². The van der Waals surface area contributed by atoms with E-state index in [1.165, 1.54) is 0 Å². The third-order valence-electron chi connectivity index (χ3n) is 1.41. The van der Waals surface area contributed by atoms with Crippen molar-refractivity contribution in [1.82, 2.24) is 0 Å². The minimum Gasteiger partial charge on any atom is -0.439 e. The lowest BCUT2D eigenvalue weighted by atomic mass is 10.6. The van der Waals surface area contributed by atoms with Crippen molar-refractivity contribution in [3.8, 4) is 0 Å². The predicted octanol–water partition coefficient (Wildman–Crippen LogP) is -3.07. The summed E-state index contributed by atoms with van der Waals surface area (Å²) in [5.74, 6) is -0.187. The van der Waals surface area contributed by atoms with Crippen molar-refractivity contribution in [3.05, 3.63) is 0 Å². The molecule has 0 aliphatic rings. The first-order chi connectivity index (χ1) is 4.95.